The van der Waals surface area contributed by atoms with Crippen LogP contribution in [0, 0.1) is 20.8 Å². The van der Waals surface area contributed by atoms with Crippen molar-refractivity contribution >= 4 is 17.4 Å². The van der Waals surface area contributed by atoms with Gasteiger partial charge in [0.15, 0.2) is 11.5 Å². The van der Waals surface area contributed by atoms with E-state index >= 15 is 0 Å². The first-order valence-electron chi connectivity index (χ1n) is 13.2. The van der Waals surface area contributed by atoms with Gasteiger partial charge < -0.3 is 24.7 Å². The molecule has 1 aliphatic rings. The predicted molar refractivity (Wildman–Crippen MR) is 154 cm³/mol. The van der Waals surface area contributed by atoms with Gasteiger partial charge in [0.2, 0.25) is 0 Å². The molecule has 10 heteroatoms. The fraction of sp³-hybridized carbons (Fsp3) is 0.333. The maximum atomic E-state index is 13.5. The maximum absolute atomic E-state index is 13.5. The number of amides is 1. The lowest BCUT2D eigenvalue weighted by molar-refractivity contribution is 0.0947. The Morgan fingerprint density at radius 3 is 2.45 bits per heavy atom. The minimum absolute atomic E-state index is 0.240. The van der Waals surface area contributed by atoms with Crippen molar-refractivity contribution in [2.24, 2.45) is 0 Å². The average Bonchev–Trinajstić information content (AvgIpc) is 3.47. The number of H-pyrrole nitrogens is 1. The molecule has 0 radical (unpaired) electrons. The number of imidazole rings is 1. The number of methoxy groups -OCH3 is 2. The number of aryl methyl sites for hydroxylation is 4. The summed E-state index contributed by atoms with van der Waals surface area (Å²) in [6.07, 6.45) is 3.63. The molecular weight excluding hydrogens is 508 g/mol. The van der Waals surface area contributed by atoms with E-state index in [0.717, 1.165) is 39.2 Å². The van der Waals surface area contributed by atoms with E-state index < -0.39 is 0 Å². The molecule has 0 bridgehead atoms. The third-order valence-electron chi connectivity index (χ3n) is 7.35. The predicted octanol–water partition coefficient (Wildman–Crippen LogP) is 4.09. The van der Waals surface area contributed by atoms with E-state index in [9.17, 15) is 9.59 Å². The van der Waals surface area contributed by atoms with Gasteiger partial charge in [-0.05, 0) is 62.9 Å². The Labute approximate surface area is 233 Å². The zero-order valence-electron chi connectivity index (χ0n) is 23.7. The molecule has 1 amide bonds. The fourth-order valence-corrected chi connectivity index (χ4v) is 5.58. The van der Waals surface area contributed by atoms with Gasteiger partial charge in [-0.1, -0.05) is 17.7 Å². The molecule has 2 aromatic heterocycles. The standard InChI is InChI=1S/C30H34N6O4/c1-17-9-18(2)28(19(3)10-17)36(20(4)14-32-29(37)23-15-31-16-33-23)27-13-24-22-12-26(40-6)25(39-5)11-21(22)7-8-35(24)30(38)34-27/h9-13,15-16,20H,7-8,14H2,1-6H3,(H,31,33)(H,32,37). The van der Waals surface area contributed by atoms with Crippen LogP contribution in [0.4, 0.5) is 11.5 Å². The molecule has 208 valence electrons. The Kier molecular flexibility index (Phi) is 7.34. The van der Waals surface area contributed by atoms with Gasteiger partial charge in [0.05, 0.1) is 38.5 Å². The SMILES string of the molecule is COc1cc2c(cc1OC)-c1cc(N(c3c(C)cc(C)cc3C)C(C)CNC(=O)c3cnc[nH]3)nc(=O)n1CC2. The van der Waals surface area contributed by atoms with Crippen molar-refractivity contribution in [2.45, 2.75) is 46.7 Å². The minimum Gasteiger partial charge on any atom is -0.493 e. The summed E-state index contributed by atoms with van der Waals surface area (Å²) in [4.78, 5) is 39.5. The first-order chi connectivity index (χ1) is 19.2. The molecule has 5 rings (SSSR count). The molecule has 0 saturated carbocycles. The topological polar surface area (TPSA) is 114 Å². The number of aromatic nitrogens is 4. The first-order valence-corrected chi connectivity index (χ1v) is 13.2. The molecule has 0 fully saturated rings. The molecule has 10 nitrogen and oxygen atoms in total. The Morgan fingerprint density at radius 2 is 1.80 bits per heavy atom. The molecule has 1 unspecified atom stereocenters. The van der Waals surface area contributed by atoms with Crippen LogP contribution in [0.3, 0.4) is 0 Å². The fourth-order valence-electron chi connectivity index (χ4n) is 5.58. The van der Waals surface area contributed by atoms with Gasteiger partial charge >= 0.3 is 5.69 Å². The van der Waals surface area contributed by atoms with Crippen LogP contribution in [0.15, 0.2) is 47.7 Å². The lowest BCUT2D eigenvalue weighted by Crippen LogP contribution is -2.42. The number of benzene rings is 2. The summed E-state index contributed by atoms with van der Waals surface area (Å²) in [6, 6.07) is 9.84. The highest BCUT2D eigenvalue weighted by atomic mass is 16.5. The molecule has 1 atom stereocenters. The second-order valence-corrected chi connectivity index (χ2v) is 10.2. The summed E-state index contributed by atoms with van der Waals surface area (Å²) in [7, 11) is 3.21. The van der Waals surface area contributed by atoms with E-state index in [-0.39, 0.29) is 17.6 Å². The third kappa shape index (κ3) is 4.92. The van der Waals surface area contributed by atoms with Crippen molar-refractivity contribution in [2.75, 3.05) is 25.7 Å². The van der Waals surface area contributed by atoms with Crippen molar-refractivity contribution in [3.8, 4) is 22.8 Å². The smallest absolute Gasteiger partial charge is 0.350 e. The van der Waals surface area contributed by atoms with E-state index in [1.165, 1.54) is 12.5 Å². The molecule has 0 spiro atoms. The number of nitrogens with zero attached hydrogens (tertiary/aromatic N) is 4. The number of aromatic amines is 1. The molecule has 1 aliphatic heterocycles. The summed E-state index contributed by atoms with van der Waals surface area (Å²) in [5.74, 6) is 1.50. The Balaban J connectivity index is 1.63. The number of nitrogens with one attached hydrogen (secondary N) is 2. The lowest BCUT2D eigenvalue weighted by atomic mass is 9.96. The second kappa shape index (κ2) is 10.9. The quantitative estimate of drug-likeness (QED) is 0.345. The Bertz CT molecular complexity index is 1600. The van der Waals surface area contributed by atoms with Crippen LogP contribution in [-0.4, -0.2) is 52.2 Å². The van der Waals surface area contributed by atoms with Crippen LogP contribution in [0.2, 0.25) is 0 Å². The molecule has 40 heavy (non-hydrogen) atoms. The zero-order valence-corrected chi connectivity index (χ0v) is 23.7. The van der Waals surface area contributed by atoms with Crippen LogP contribution < -0.4 is 25.4 Å². The number of anilines is 2. The van der Waals surface area contributed by atoms with Gasteiger partial charge in [0, 0.05) is 30.4 Å². The summed E-state index contributed by atoms with van der Waals surface area (Å²) < 4.78 is 12.8. The molecule has 4 aromatic rings. The van der Waals surface area contributed by atoms with Crippen LogP contribution in [0.25, 0.3) is 11.3 Å². The van der Waals surface area contributed by atoms with Gasteiger partial charge in [-0.25, -0.2) is 9.78 Å². The lowest BCUT2D eigenvalue weighted by Gasteiger charge is -2.34. The summed E-state index contributed by atoms with van der Waals surface area (Å²) in [6.45, 7) is 9.00. The molecule has 3 heterocycles. The minimum atomic E-state index is -0.325. The molecule has 2 N–H and O–H groups in total. The maximum Gasteiger partial charge on any atom is 0.350 e. The monoisotopic (exact) mass is 542 g/mol. The van der Waals surface area contributed by atoms with Crippen LogP contribution in [0.5, 0.6) is 11.5 Å². The van der Waals surface area contributed by atoms with Crippen molar-refractivity contribution in [3.05, 3.63) is 81.3 Å². The number of rotatable bonds is 8. The van der Waals surface area contributed by atoms with E-state index in [0.29, 0.717) is 42.5 Å². The van der Waals surface area contributed by atoms with Crippen LogP contribution >= 0.6 is 0 Å². The van der Waals surface area contributed by atoms with Gasteiger partial charge in [-0.15, -0.1) is 0 Å². The van der Waals surface area contributed by atoms with E-state index in [4.69, 9.17) is 9.47 Å². The van der Waals surface area contributed by atoms with Gasteiger partial charge in [-0.3, -0.25) is 9.36 Å². The Hall–Kier alpha value is -4.60. The van der Waals surface area contributed by atoms with Crippen molar-refractivity contribution < 1.29 is 14.3 Å². The number of hydrogen-bond donors (Lipinski definition) is 2. The molecular formula is C30H34N6O4. The van der Waals surface area contributed by atoms with Crippen molar-refractivity contribution in [1.82, 2.24) is 24.8 Å². The Morgan fingerprint density at radius 1 is 1.10 bits per heavy atom. The van der Waals surface area contributed by atoms with Crippen LogP contribution in [-0.2, 0) is 13.0 Å². The van der Waals surface area contributed by atoms with Crippen molar-refractivity contribution in [3.63, 3.8) is 0 Å². The summed E-state index contributed by atoms with van der Waals surface area (Å²) in [5, 5.41) is 2.98. The number of hydrogen-bond acceptors (Lipinski definition) is 7. The van der Waals surface area contributed by atoms with Gasteiger partial charge in [0.1, 0.15) is 11.5 Å². The first kappa shape index (κ1) is 27.0. The second-order valence-electron chi connectivity index (χ2n) is 10.2. The highest BCUT2D eigenvalue weighted by molar-refractivity contribution is 5.92. The summed E-state index contributed by atoms with van der Waals surface area (Å²) >= 11 is 0. The number of carbonyl (C=O) groups excluding carboxylic acids is 1. The van der Waals surface area contributed by atoms with E-state index in [1.807, 2.05) is 25.1 Å². The van der Waals surface area contributed by atoms with Crippen LogP contribution in [0.1, 0.15) is 39.7 Å². The normalized spacial score (nSPS) is 12.8. The average molecular weight is 543 g/mol. The van der Waals surface area contributed by atoms with Gasteiger partial charge in [0.25, 0.3) is 5.91 Å². The van der Waals surface area contributed by atoms with Gasteiger partial charge in [-0.2, -0.15) is 4.98 Å². The number of fused-ring (bicyclic) bond motifs is 3. The highest BCUT2D eigenvalue weighted by Gasteiger charge is 2.27. The molecule has 2 aromatic carbocycles. The molecule has 0 saturated heterocycles. The summed E-state index contributed by atoms with van der Waals surface area (Å²) in [5.41, 5.74) is 7.00. The van der Waals surface area contributed by atoms with E-state index in [1.54, 1.807) is 18.8 Å². The third-order valence-corrected chi connectivity index (χ3v) is 7.35. The molecule has 0 aliphatic carbocycles. The van der Waals surface area contributed by atoms with E-state index in [2.05, 4.69) is 58.1 Å². The zero-order chi connectivity index (χ0) is 28.6. The largest absolute Gasteiger partial charge is 0.493 e. The van der Waals surface area contributed by atoms with Crippen molar-refractivity contribution in [1.29, 1.82) is 0 Å². The highest BCUT2D eigenvalue weighted by Crippen LogP contribution is 2.40. The number of carbonyl (C=O) groups is 1. The number of ether oxygens (including phenoxy) is 2.